The monoisotopic (exact) mass is 308 g/mol. The maximum Gasteiger partial charge on any atom is 0.214 e. The van der Waals surface area contributed by atoms with Gasteiger partial charge in [0.05, 0.1) is 5.75 Å². The van der Waals surface area contributed by atoms with Crippen molar-refractivity contribution in [2.45, 2.75) is 32.7 Å². The van der Waals surface area contributed by atoms with Crippen LogP contribution in [0.25, 0.3) is 0 Å². The molecule has 1 aromatic carbocycles. The van der Waals surface area contributed by atoms with Crippen LogP contribution in [0.4, 0.5) is 0 Å². The fourth-order valence-corrected chi connectivity index (χ4v) is 5.09. The summed E-state index contributed by atoms with van der Waals surface area (Å²) >= 11 is 0. The first-order chi connectivity index (χ1) is 9.97. The van der Waals surface area contributed by atoms with Crippen LogP contribution >= 0.6 is 0 Å². The van der Waals surface area contributed by atoms with E-state index in [2.05, 4.69) is 37.4 Å². The van der Waals surface area contributed by atoms with E-state index >= 15 is 0 Å². The zero-order valence-corrected chi connectivity index (χ0v) is 13.6. The Bertz CT molecular complexity index is 627. The fraction of sp³-hybridized carbons (Fsp3) is 0.625. The minimum atomic E-state index is -2.97. The number of hydrogen-bond acceptors (Lipinski definition) is 3. The van der Waals surface area contributed by atoms with Gasteiger partial charge in [-0.1, -0.05) is 30.7 Å². The largest absolute Gasteiger partial charge is 0.308 e. The average molecular weight is 308 g/mol. The first-order valence-electron chi connectivity index (χ1n) is 7.78. The second-order valence-corrected chi connectivity index (χ2v) is 8.47. The molecule has 4 nitrogen and oxygen atoms in total. The molecule has 1 aliphatic carbocycles. The number of sulfonamides is 1. The van der Waals surface area contributed by atoms with Crippen molar-refractivity contribution in [3.05, 3.63) is 34.9 Å². The van der Waals surface area contributed by atoms with Crippen molar-refractivity contribution in [3.8, 4) is 0 Å². The number of nitrogens with zero attached hydrogens (tertiary/aromatic N) is 1. The van der Waals surface area contributed by atoms with Crippen LogP contribution in [-0.2, 0) is 16.4 Å². The van der Waals surface area contributed by atoms with Gasteiger partial charge in [-0.3, -0.25) is 0 Å². The predicted molar refractivity (Wildman–Crippen MR) is 84.8 cm³/mol. The SMILES string of the molecule is Cc1ccc2c(c1)[C@@H](NCCN1CCCS1(=O)=O)[C@@H](C)C2. The number of aryl methyl sites for hydroxylation is 1. The van der Waals surface area contributed by atoms with E-state index in [0.717, 1.165) is 19.4 Å². The van der Waals surface area contributed by atoms with Crippen molar-refractivity contribution >= 4 is 10.0 Å². The molecule has 1 aliphatic heterocycles. The minimum Gasteiger partial charge on any atom is -0.308 e. The number of hydrogen-bond donors (Lipinski definition) is 1. The van der Waals surface area contributed by atoms with E-state index in [9.17, 15) is 8.42 Å². The van der Waals surface area contributed by atoms with Gasteiger partial charge in [-0.05, 0) is 36.8 Å². The lowest BCUT2D eigenvalue weighted by Gasteiger charge is -2.21. The summed E-state index contributed by atoms with van der Waals surface area (Å²) in [5, 5.41) is 3.57. The van der Waals surface area contributed by atoms with Crippen molar-refractivity contribution in [2.75, 3.05) is 25.4 Å². The molecule has 5 heteroatoms. The third-order valence-corrected chi connectivity index (χ3v) is 6.63. The molecule has 0 spiro atoms. The van der Waals surface area contributed by atoms with Crippen LogP contribution in [0.1, 0.15) is 36.1 Å². The molecule has 0 bridgehead atoms. The molecule has 3 rings (SSSR count). The zero-order chi connectivity index (χ0) is 15.0. The normalized spacial score (nSPS) is 27.9. The molecule has 1 fully saturated rings. The molecule has 116 valence electrons. The first kappa shape index (κ1) is 15.0. The van der Waals surface area contributed by atoms with Crippen LogP contribution < -0.4 is 5.32 Å². The number of fused-ring (bicyclic) bond motifs is 1. The van der Waals surface area contributed by atoms with Crippen LogP contribution in [-0.4, -0.2) is 38.1 Å². The zero-order valence-electron chi connectivity index (χ0n) is 12.8. The van der Waals surface area contributed by atoms with Crippen LogP contribution in [0.3, 0.4) is 0 Å². The number of nitrogens with one attached hydrogen (secondary N) is 1. The van der Waals surface area contributed by atoms with Crippen molar-refractivity contribution < 1.29 is 8.42 Å². The van der Waals surface area contributed by atoms with E-state index in [-0.39, 0.29) is 0 Å². The predicted octanol–water partition coefficient (Wildman–Crippen LogP) is 1.85. The molecule has 1 N–H and O–H groups in total. The van der Waals surface area contributed by atoms with Gasteiger partial charge in [-0.25, -0.2) is 12.7 Å². The maximum atomic E-state index is 11.8. The lowest BCUT2D eigenvalue weighted by atomic mass is 10.0. The Kier molecular flexibility index (Phi) is 4.08. The molecule has 1 saturated heterocycles. The van der Waals surface area contributed by atoms with Gasteiger partial charge in [0.25, 0.3) is 0 Å². The summed E-state index contributed by atoms with van der Waals surface area (Å²) in [6.07, 6.45) is 1.87. The Hall–Kier alpha value is -0.910. The number of rotatable bonds is 4. The Balaban J connectivity index is 1.63. The van der Waals surface area contributed by atoms with Gasteiger partial charge in [0.2, 0.25) is 10.0 Å². The van der Waals surface area contributed by atoms with Gasteiger partial charge in [-0.15, -0.1) is 0 Å². The third kappa shape index (κ3) is 3.00. The molecule has 1 aromatic rings. The summed E-state index contributed by atoms with van der Waals surface area (Å²) in [7, 11) is -2.97. The van der Waals surface area contributed by atoms with E-state index in [1.54, 1.807) is 4.31 Å². The van der Waals surface area contributed by atoms with E-state index < -0.39 is 10.0 Å². The van der Waals surface area contributed by atoms with Crippen molar-refractivity contribution in [2.24, 2.45) is 5.92 Å². The molecule has 0 aromatic heterocycles. The summed E-state index contributed by atoms with van der Waals surface area (Å²) in [5.74, 6) is 0.881. The summed E-state index contributed by atoms with van der Waals surface area (Å²) in [5.41, 5.74) is 4.11. The molecule has 1 heterocycles. The van der Waals surface area contributed by atoms with Crippen molar-refractivity contribution in [1.82, 2.24) is 9.62 Å². The highest BCUT2D eigenvalue weighted by atomic mass is 32.2. The van der Waals surface area contributed by atoms with Crippen LogP contribution in [0, 0.1) is 12.8 Å². The van der Waals surface area contributed by atoms with Gasteiger partial charge in [-0.2, -0.15) is 0 Å². The first-order valence-corrected chi connectivity index (χ1v) is 9.39. The highest BCUT2D eigenvalue weighted by molar-refractivity contribution is 7.89. The van der Waals surface area contributed by atoms with E-state index in [4.69, 9.17) is 0 Å². The van der Waals surface area contributed by atoms with E-state index in [1.165, 1.54) is 16.7 Å². The summed E-state index contributed by atoms with van der Waals surface area (Å²) in [6, 6.07) is 7.02. The van der Waals surface area contributed by atoms with Gasteiger partial charge in [0.15, 0.2) is 0 Å². The molecule has 21 heavy (non-hydrogen) atoms. The lowest BCUT2D eigenvalue weighted by molar-refractivity contribution is 0.378. The molecule has 0 amide bonds. The topological polar surface area (TPSA) is 49.4 Å². The third-order valence-electron chi connectivity index (χ3n) is 4.68. The van der Waals surface area contributed by atoms with Gasteiger partial charge >= 0.3 is 0 Å². The van der Waals surface area contributed by atoms with Crippen LogP contribution in [0.15, 0.2) is 18.2 Å². The molecular formula is C16H24N2O2S. The van der Waals surface area contributed by atoms with Gasteiger partial charge in [0, 0.05) is 25.7 Å². The van der Waals surface area contributed by atoms with Gasteiger partial charge < -0.3 is 5.32 Å². The molecule has 2 atom stereocenters. The Morgan fingerprint density at radius 2 is 2.19 bits per heavy atom. The fourth-order valence-electron chi connectivity index (χ4n) is 3.56. The Morgan fingerprint density at radius 1 is 1.38 bits per heavy atom. The smallest absolute Gasteiger partial charge is 0.214 e. The second-order valence-electron chi connectivity index (χ2n) is 6.38. The Labute approximate surface area is 127 Å². The van der Waals surface area contributed by atoms with Crippen LogP contribution in [0.2, 0.25) is 0 Å². The lowest BCUT2D eigenvalue weighted by Crippen LogP contribution is -2.35. The minimum absolute atomic E-state index is 0.314. The Morgan fingerprint density at radius 3 is 2.90 bits per heavy atom. The number of benzene rings is 1. The summed E-state index contributed by atoms with van der Waals surface area (Å²) < 4.78 is 25.2. The summed E-state index contributed by atoms with van der Waals surface area (Å²) in [4.78, 5) is 0. The maximum absolute atomic E-state index is 11.8. The van der Waals surface area contributed by atoms with Crippen LogP contribution in [0.5, 0.6) is 0 Å². The van der Waals surface area contributed by atoms with Crippen molar-refractivity contribution in [1.29, 1.82) is 0 Å². The van der Waals surface area contributed by atoms with Crippen molar-refractivity contribution in [3.63, 3.8) is 0 Å². The molecule has 0 saturated carbocycles. The molecule has 2 aliphatic rings. The van der Waals surface area contributed by atoms with E-state index in [1.807, 2.05) is 0 Å². The van der Waals surface area contributed by atoms with Gasteiger partial charge in [0.1, 0.15) is 0 Å². The van der Waals surface area contributed by atoms with E-state index in [0.29, 0.717) is 30.8 Å². The molecular weight excluding hydrogens is 284 g/mol. The second kappa shape index (κ2) is 5.71. The average Bonchev–Trinajstić information content (AvgIpc) is 2.90. The quantitative estimate of drug-likeness (QED) is 0.923. The molecule has 0 radical (unpaired) electrons. The highest BCUT2D eigenvalue weighted by Crippen LogP contribution is 2.36. The molecule has 0 unspecified atom stereocenters. The highest BCUT2D eigenvalue weighted by Gasteiger charge is 2.30. The standard InChI is InChI=1S/C16H24N2O2S/c1-12-4-5-14-11-13(2)16(15(14)10-12)17-6-8-18-7-3-9-21(18,19)20/h4-5,10,13,16-17H,3,6-9,11H2,1-2H3/t13-,16-/m0/s1. The summed E-state index contributed by atoms with van der Waals surface area (Å²) in [6.45, 7) is 6.38.